The van der Waals surface area contributed by atoms with E-state index in [9.17, 15) is 4.79 Å². The van der Waals surface area contributed by atoms with E-state index in [4.69, 9.17) is 4.74 Å². The minimum atomic E-state index is -0.0859. The standard InChI is InChI=1S/C19H28N4O2/c1-15-6-7-18(16(2)14-15)25-13-12-22(4)19(24)21-17(3)8-11-23-10-5-9-20-23/h5-7,9-10,14,17H,8,11-13H2,1-4H3,(H,21,24)/t17-/m0/s1. The van der Waals surface area contributed by atoms with Crippen LogP contribution in [0.2, 0.25) is 0 Å². The summed E-state index contributed by atoms with van der Waals surface area (Å²) in [5, 5.41) is 7.16. The fraction of sp³-hybridized carbons (Fsp3) is 0.474. The molecule has 2 aromatic rings. The van der Waals surface area contributed by atoms with Crippen molar-refractivity contribution >= 4 is 6.03 Å². The van der Waals surface area contributed by atoms with Crippen LogP contribution in [0.1, 0.15) is 24.5 Å². The van der Waals surface area contributed by atoms with Crippen molar-refractivity contribution in [2.45, 2.75) is 39.8 Å². The second-order valence-electron chi connectivity index (χ2n) is 6.45. The molecule has 0 aliphatic rings. The van der Waals surface area contributed by atoms with Gasteiger partial charge in [0.2, 0.25) is 0 Å². The Morgan fingerprint density at radius 1 is 1.40 bits per heavy atom. The smallest absolute Gasteiger partial charge is 0.317 e. The maximum absolute atomic E-state index is 12.2. The Bertz CT molecular complexity index is 670. The summed E-state index contributed by atoms with van der Waals surface area (Å²) < 4.78 is 7.65. The lowest BCUT2D eigenvalue weighted by molar-refractivity contribution is 0.191. The van der Waals surface area contributed by atoms with E-state index >= 15 is 0 Å². The summed E-state index contributed by atoms with van der Waals surface area (Å²) in [6, 6.07) is 7.98. The third kappa shape index (κ3) is 6.14. The molecule has 2 amide bonds. The second kappa shape index (κ2) is 9.11. The van der Waals surface area contributed by atoms with Crippen LogP contribution in [0.5, 0.6) is 5.75 Å². The highest BCUT2D eigenvalue weighted by atomic mass is 16.5. The van der Waals surface area contributed by atoms with Gasteiger partial charge in [-0.2, -0.15) is 5.10 Å². The summed E-state index contributed by atoms with van der Waals surface area (Å²) in [7, 11) is 1.78. The third-order valence-electron chi connectivity index (χ3n) is 4.08. The summed E-state index contributed by atoms with van der Waals surface area (Å²) in [4.78, 5) is 13.9. The number of carbonyl (C=O) groups excluding carboxylic acids is 1. The Balaban J connectivity index is 1.68. The molecule has 0 saturated heterocycles. The van der Waals surface area contributed by atoms with Gasteiger partial charge in [0.05, 0.1) is 6.54 Å². The SMILES string of the molecule is Cc1ccc(OCCN(C)C(=O)N[C@@H](C)CCn2cccn2)c(C)c1. The highest BCUT2D eigenvalue weighted by Crippen LogP contribution is 2.18. The average Bonchev–Trinajstić information content (AvgIpc) is 3.08. The first kappa shape index (κ1) is 18.8. The molecule has 1 aromatic heterocycles. The van der Waals surface area contributed by atoms with Crippen LogP contribution in [-0.2, 0) is 6.54 Å². The molecule has 6 nitrogen and oxygen atoms in total. The van der Waals surface area contributed by atoms with Crippen LogP contribution in [0.3, 0.4) is 0 Å². The first-order valence-electron chi connectivity index (χ1n) is 8.65. The van der Waals surface area contributed by atoms with Gasteiger partial charge in [-0.25, -0.2) is 4.79 Å². The molecule has 0 radical (unpaired) electrons. The van der Waals surface area contributed by atoms with Gasteiger partial charge < -0.3 is 15.0 Å². The molecule has 0 fully saturated rings. The van der Waals surface area contributed by atoms with Crippen molar-refractivity contribution in [2.24, 2.45) is 0 Å². The molecule has 0 saturated carbocycles. The molecule has 1 heterocycles. The van der Waals surface area contributed by atoms with Crippen molar-refractivity contribution < 1.29 is 9.53 Å². The predicted octanol–water partition coefficient (Wildman–Crippen LogP) is 3.00. The quantitative estimate of drug-likeness (QED) is 0.801. The van der Waals surface area contributed by atoms with Crippen molar-refractivity contribution in [2.75, 3.05) is 20.2 Å². The van der Waals surface area contributed by atoms with Crippen LogP contribution < -0.4 is 10.1 Å². The average molecular weight is 344 g/mol. The zero-order valence-corrected chi connectivity index (χ0v) is 15.5. The Morgan fingerprint density at radius 2 is 2.20 bits per heavy atom. The normalized spacial score (nSPS) is 11.8. The Hall–Kier alpha value is -2.50. The molecule has 25 heavy (non-hydrogen) atoms. The molecule has 0 spiro atoms. The number of likely N-dealkylation sites (N-methyl/N-ethyl adjacent to an activating group) is 1. The van der Waals surface area contributed by atoms with E-state index < -0.39 is 0 Å². The van der Waals surface area contributed by atoms with Crippen molar-refractivity contribution in [3.8, 4) is 5.75 Å². The largest absolute Gasteiger partial charge is 0.491 e. The van der Waals surface area contributed by atoms with E-state index in [1.807, 2.05) is 42.9 Å². The fourth-order valence-electron chi connectivity index (χ4n) is 2.51. The van der Waals surface area contributed by atoms with E-state index in [1.165, 1.54) is 5.56 Å². The number of urea groups is 1. The summed E-state index contributed by atoms with van der Waals surface area (Å²) in [6.07, 6.45) is 4.51. The number of hydrogen-bond donors (Lipinski definition) is 1. The molecule has 136 valence electrons. The number of aryl methyl sites for hydroxylation is 3. The lowest BCUT2D eigenvalue weighted by Crippen LogP contribution is -2.43. The van der Waals surface area contributed by atoms with Gasteiger partial charge in [0.1, 0.15) is 12.4 Å². The van der Waals surface area contributed by atoms with Gasteiger partial charge in [-0.05, 0) is 44.9 Å². The number of nitrogens with zero attached hydrogens (tertiary/aromatic N) is 3. The van der Waals surface area contributed by atoms with Crippen molar-refractivity contribution in [1.82, 2.24) is 20.0 Å². The number of amides is 2. The van der Waals surface area contributed by atoms with Gasteiger partial charge in [-0.15, -0.1) is 0 Å². The van der Waals surface area contributed by atoms with E-state index in [2.05, 4.69) is 23.4 Å². The van der Waals surface area contributed by atoms with Gasteiger partial charge in [0.25, 0.3) is 0 Å². The molecular formula is C19H28N4O2. The lowest BCUT2D eigenvalue weighted by Gasteiger charge is -2.21. The van der Waals surface area contributed by atoms with Gasteiger partial charge in [-0.3, -0.25) is 4.68 Å². The van der Waals surface area contributed by atoms with E-state index in [0.717, 1.165) is 24.3 Å². The van der Waals surface area contributed by atoms with Crippen LogP contribution in [0.15, 0.2) is 36.7 Å². The summed E-state index contributed by atoms with van der Waals surface area (Å²) >= 11 is 0. The van der Waals surface area contributed by atoms with Crippen LogP contribution in [-0.4, -0.2) is 47.0 Å². The highest BCUT2D eigenvalue weighted by Gasteiger charge is 2.12. The first-order chi connectivity index (χ1) is 12.0. The van der Waals surface area contributed by atoms with Gasteiger partial charge >= 0.3 is 6.03 Å². The lowest BCUT2D eigenvalue weighted by atomic mass is 10.1. The summed E-state index contributed by atoms with van der Waals surface area (Å²) in [5.41, 5.74) is 2.32. The molecular weight excluding hydrogens is 316 g/mol. The molecule has 0 bridgehead atoms. The topological polar surface area (TPSA) is 59.4 Å². The number of ether oxygens (including phenoxy) is 1. The van der Waals surface area contributed by atoms with Crippen LogP contribution in [0, 0.1) is 13.8 Å². The molecule has 6 heteroatoms. The minimum absolute atomic E-state index is 0.0828. The van der Waals surface area contributed by atoms with Gasteiger partial charge in [0, 0.05) is 32.0 Å². The predicted molar refractivity (Wildman–Crippen MR) is 98.9 cm³/mol. The van der Waals surface area contributed by atoms with E-state index in [-0.39, 0.29) is 12.1 Å². The zero-order chi connectivity index (χ0) is 18.2. The maximum Gasteiger partial charge on any atom is 0.317 e. The number of nitrogens with one attached hydrogen (secondary N) is 1. The molecule has 0 unspecified atom stereocenters. The van der Waals surface area contributed by atoms with Crippen LogP contribution in [0.25, 0.3) is 0 Å². The Morgan fingerprint density at radius 3 is 2.88 bits per heavy atom. The molecule has 1 atom stereocenters. The minimum Gasteiger partial charge on any atom is -0.491 e. The number of rotatable bonds is 8. The van der Waals surface area contributed by atoms with E-state index in [0.29, 0.717) is 13.2 Å². The monoisotopic (exact) mass is 344 g/mol. The zero-order valence-electron chi connectivity index (χ0n) is 15.5. The van der Waals surface area contributed by atoms with Crippen LogP contribution >= 0.6 is 0 Å². The molecule has 1 N–H and O–H groups in total. The van der Waals surface area contributed by atoms with E-state index in [1.54, 1.807) is 18.1 Å². The molecule has 1 aromatic carbocycles. The molecule has 0 aliphatic carbocycles. The first-order valence-corrected chi connectivity index (χ1v) is 8.65. The Labute approximate surface area is 149 Å². The summed E-state index contributed by atoms with van der Waals surface area (Å²) in [5.74, 6) is 0.868. The number of benzene rings is 1. The second-order valence-corrected chi connectivity index (χ2v) is 6.45. The van der Waals surface area contributed by atoms with Crippen molar-refractivity contribution in [3.05, 3.63) is 47.8 Å². The maximum atomic E-state index is 12.2. The van der Waals surface area contributed by atoms with Gasteiger partial charge in [0.15, 0.2) is 0 Å². The Kier molecular flexibility index (Phi) is 6.86. The van der Waals surface area contributed by atoms with Gasteiger partial charge in [-0.1, -0.05) is 17.7 Å². The number of aromatic nitrogens is 2. The number of carbonyl (C=O) groups is 1. The van der Waals surface area contributed by atoms with Crippen molar-refractivity contribution in [1.29, 1.82) is 0 Å². The third-order valence-corrected chi connectivity index (χ3v) is 4.08. The highest BCUT2D eigenvalue weighted by molar-refractivity contribution is 5.74. The molecule has 0 aliphatic heterocycles. The summed E-state index contributed by atoms with van der Waals surface area (Å²) in [6.45, 7) is 7.87. The van der Waals surface area contributed by atoms with Crippen LogP contribution in [0.4, 0.5) is 4.79 Å². The number of hydrogen-bond acceptors (Lipinski definition) is 3. The molecule has 2 rings (SSSR count). The van der Waals surface area contributed by atoms with Crippen molar-refractivity contribution in [3.63, 3.8) is 0 Å². The fourth-order valence-corrected chi connectivity index (χ4v) is 2.51.